The number of halogens is 1. The first-order valence-corrected chi connectivity index (χ1v) is 4.70. The van der Waals surface area contributed by atoms with E-state index in [4.69, 9.17) is 4.18 Å². The van der Waals surface area contributed by atoms with Crippen LogP contribution in [0.2, 0.25) is 0 Å². The Kier molecular flexibility index (Phi) is 3.87. The van der Waals surface area contributed by atoms with Crippen LogP contribution in [0.1, 0.15) is 0 Å². The molecule has 0 N–H and O–H groups in total. The fourth-order valence-corrected chi connectivity index (χ4v) is 1.30. The monoisotopic (exact) mass is 218 g/mol. The molecular weight excluding hydrogens is 212 g/mol. The van der Waals surface area contributed by atoms with E-state index in [2.05, 4.69) is 15.9 Å². The molecule has 3 heteroatoms. The number of hydrogen-bond donors (Lipinski definition) is 0. The van der Waals surface area contributed by atoms with Gasteiger partial charge in [0.05, 0.1) is 0 Å². The number of benzene rings is 1. The second kappa shape index (κ2) is 4.77. The maximum Gasteiger partial charge on any atom is 0.117 e. The van der Waals surface area contributed by atoms with Gasteiger partial charge in [0.15, 0.2) is 0 Å². The van der Waals surface area contributed by atoms with Crippen molar-refractivity contribution < 1.29 is 4.18 Å². The molecule has 0 unspecified atom stereocenters. The quantitative estimate of drug-likeness (QED) is 0.570. The van der Waals surface area contributed by atoms with Crippen molar-refractivity contribution in [1.29, 1.82) is 0 Å². The van der Waals surface area contributed by atoms with Crippen molar-refractivity contribution in [3.63, 3.8) is 0 Å². The minimum atomic E-state index is 0.562. The second-order valence-electron chi connectivity index (χ2n) is 1.62. The Morgan fingerprint density at radius 1 is 1.30 bits per heavy atom. The summed E-state index contributed by atoms with van der Waals surface area (Å²) >= 11 is 4.54. The molecule has 0 bridgehead atoms. The van der Waals surface area contributed by atoms with Crippen molar-refractivity contribution in [2.45, 2.75) is 4.90 Å². The predicted octanol–water partition coefficient (Wildman–Crippen LogP) is 3.06. The van der Waals surface area contributed by atoms with Crippen LogP contribution in [0.15, 0.2) is 35.2 Å². The van der Waals surface area contributed by atoms with Gasteiger partial charge in [-0.3, -0.25) is 4.18 Å². The summed E-state index contributed by atoms with van der Waals surface area (Å²) in [6, 6.07) is 9.97. The molecule has 0 radical (unpaired) electrons. The third-order valence-electron chi connectivity index (χ3n) is 0.943. The standard InChI is InChI=1S/C7H7BrOS/c8-6-9-10-7-4-2-1-3-5-7/h1-5H,6H2. The number of rotatable bonds is 3. The zero-order chi connectivity index (χ0) is 7.23. The van der Waals surface area contributed by atoms with Crippen LogP contribution in [0.25, 0.3) is 0 Å². The molecule has 1 nitrogen and oxygen atoms in total. The zero-order valence-corrected chi connectivity index (χ0v) is 7.69. The van der Waals surface area contributed by atoms with Crippen molar-refractivity contribution in [1.82, 2.24) is 0 Å². The number of alkyl halides is 1. The summed E-state index contributed by atoms with van der Waals surface area (Å²) in [4.78, 5) is 1.13. The molecule has 0 saturated heterocycles. The van der Waals surface area contributed by atoms with E-state index in [1.807, 2.05) is 30.3 Å². The summed E-state index contributed by atoms with van der Waals surface area (Å²) in [6.45, 7) is 0. The fraction of sp³-hybridized carbons (Fsp3) is 0.143. The van der Waals surface area contributed by atoms with Gasteiger partial charge in [0.1, 0.15) is 5.52 Å². The van der Waals surface area contributed by atoms with Gasteiger partial charge in [-0.05, 0) is 12.1 Å². The molecule has 0 aromatic heterocycles. The van der Waals surface area contributed by atoms with Crippen LogP contribution in [-0.4, -0.2) is 5.52 Å². The van der Waals surface area contributed by atoms with Gasteiger partial charge in [-0.2, -0.15) is 0 Å². The first-order chi connectivity index (χ1) is 4.93. The molecule has 1 rings (SSSR count). The number of hydrogen-bond acceptors (Lipinski definition) is 2. The van der Waals surface area contributed by atoms with E-state index in [-0.39, 0.29) is 0 Å². The van der Waals surface area contributed by atoms with E-state index in [0.717, 1.165) is 4.90 Å². The van der Waals surface area contributed by atoms with Crippen molar-refractivity contribution >= 4 is 28.0 Å². The molecule has 54 valence electrons. The Balaban J connectivity index is 2.43. The normalized spacial score (nSPS) is 9.70. The van der Waals surface area contributed by atoms with Crippen LogP contribution >= 0.6 is 28.0 Å². The summed E-state index contributed by atoms with van der Waals surface area (Å²) in [5.74, 6) is 0. The molecule has 0 saturated carbocycles. The van der Waals surface area contributed by atoms with Gasteiger partial charge in [0.25, 0.3) is 0 Å². The van der Waals surface area contributed by atoms with Gasteiger partial charge in [-0.25, -0.2) is 0 Å². The summed E-state index contributed by atoms with van der Waals surface area (Å²) in [5, 5.41) is 0. The lowest BCUT2D eigenvalue weighted by molar-refractivity contribution is 0.470. The summed E-state index contributed by atoms with van der Waals surface area (Å²) < 4.78 is 5.05. The van der Waals surface area contributed by atoms with E-state index in [0.29, 0.717) is 5.52 Å². The van der Waals surface area contributed by atoms with Crippen LogP contribution in [-0.2, 0) is 4.18 Å². The van der Waals surface area contributed by atoms with Gasteiger partial charge >= 0.3 is 0 Å². The van der Waals surface area contributed by atoms with Gasteiger partial charge in [0.2, 0.25) is 0 Å². The van der Waals surface area contributed by atoms with E-state index in [1.54, 1.807) is 0 Å². The fourth-order valence-electron chi connectivity index (χ4n) is 0.566. The van der Waals surface area contributed by atoms with Crippen LogP contribution < -0.4 is 0 Å². The maximum atomic E-state index is 5.05. The molecule has 0 aliphatic rings. The Morgan fingerprint density at radius 3 is 2.60 bits per heavy atom. The van der Waals surface area contributed by atoms with Gasteiger partial charge in [-0.15, -0.1) is 0 Å². The SMILES string of the molecule is BrCOSc1ccccc1. The minimum absolute atomic E-state index is 0.562. The minimum Gasteiger partial charge on any atom is -0.299 e. The molecule has 10 heavy (non-hydrogen) atoms. The first kappa shape index (κ1) is 8.11. The van der Waals surface area contributed by atoms with E-state index < -0.39 is 0 Å². The van der Waals surface area contributed by atoms with Crippen LogP contribution in [0.5, 0.6) is 0 Å². The van der Waals surface area contributed by atoms with Crippen molar-refractivity contribution in [2.24, 2.45) is 0 Å². The predicted molar refractivity (Wildman–Crippen MR) is 47.2 cm³/mol. The highest BCUT2D eigenvalue weighted by atomic mass is 79.9. The van der Waals surface area contributed by atoms with Gasteiger partial charge in [0, 0.05) is 16.9 Å². The Labute approximate surface area is 73.1 Å². The molecule has 0 heterocycles. The lowest BCUT2D eigenvalue weighted by Gasteiger charge is -1.96. The van der Waals surface area contributed by atoms with Crippen molar-refractivity contribution in [3.05, 3.63) is 30.3 Å². The lowest BCUT2D eigenvalue weighted by atomic mass is 10.4. The highest BCUT2D eigenvalue weighted by molar-refractivity contribution is 9.09. The van der Waals surface area contributed by atoms with Gasteiger partial charge in [-0.1, -0.05) is 34.1 Å². The molecule has 0 spiro atoms. The second-order valence-corrected chi connectivity index (χ2v) is 2.95. The summed E-state index contributed by atoms with van der Waals surface area (Å²) in [5.41, 5.74) is 0.562. The van der Waals surface area contributed by atoms with Crippen LogP contribution in [0, 0.1) is 0 Å². The first-order valence-electron chi connectivity index (χ1n) is 2.84. The third kappa shape index (κ3) is 2.73. The van der Waals surface area contributed by atoms with Crippen LogP contribution in [0.3, 0.4) is 0 Å². The zero-order valence-electron chi connectivity index (χ0n) is 5.29. The molecule has 0 amide bonds. The highest BCUT2D eigenvalue weighted by Gasteiger charge is 1.89. The largest absolute Gasteiger partial charge is 0.299 e. The van der Waals surface area contributed by atoms with E-state index in [1.165, 1.54) is 12.0 Å². The maximum absolute atomic E-state index is 5.05. The average Bonchev–Trinajstić information content (AvgIpc) is 2.03. The van der Waals surface area contributed by atoms with Crippen LogP contribution in [0.4, 0.5) is 0 Å². The molecule has 1 aromatic rings. The van der Waals surface area contributed by atoms with Crippen molar-refractivity contribution in [2.75, 3.05) is 5.52 Å². The Bertz CT molecular complexity index is 178. The summed E-state index contributed by atoms with van der Waals surface area (Å²) in [7, 11) is 0. The third-order valence-corrected chi connectivity index (χ3v) is 2.18. The Hall–Kier alpha value is 0.0100. The van der Waals surface area contributed by atoms with Crippen molar-refractivity contribution in [3.8, 4) is 0 Å². The average molecular weight is 219 g/mol. The molecule has 0 aliphatic carbocycles. The summed E-state index contributed by atoms with van der Waals surface area (Å²) in [6.07, 6.45) is 0. The smallest absolute Gasteiger partial charge is 0.117 e. The molecule has 0 atom stereocenters. The van der Waals surface area contributed by atoms with E-state index >= 15 is 0 Å². The molecule has 0 fully saturated rings. The molecule has 0 aliphatic heterocycles. The highest BCUT2D eigenvalue weighted by Crippen LogP contribution is 2.18. The topological polar surface area (TPSA) is 9.23 Å². The Morgan fingerprint density at radius 2 is 2.00 bits per heavy atom. The van der Waals surface area contributed by atoms with Gasteiger partial charge < -0.3 is 0 Å². The lowest BCUT2D eigenvalue weighted by Crippen LogP contribution is -1.73. The molecule has 1 aromatic carbocycles. The van der Waals surface area contributed by atoms with E-state index in [9.17, 15) is 0 Å². The molecular formula is C7H7BrOS.